The van der Waals surface area contributed by atoms with E-state index in [-0.39, 0.29) is 18.2 Å². The van der Waals surface area contributed by atoms with Crippen LogP contribution in [0.5, 0.6) is 0 Å². The fourth-order valence-electron chi connectivity index (χ4n) is 2.15. The Morgan fingerprint density at radius 3 is 2.74 bits per heavy atom. The molecule has 2 heterocycles. The Kier molecular flexibility index (Phi) is 4.40. The number of anilines is 1. The number of nitrogens with one attached hydrogen (secondary N) is 1. The summed E-state index contributed by atoms with van der Waals surface area (Å²) in [7, 11) is 0. The molecule has 0 aliphatic rings. The fraction of sp³-hybridized carbons (Fsp3) is 0.154. The molecule has 23 heavy (non-hydrogen) atoms. The Morgan fingerprint density at radius 2 is 2.09 bits per heavy atom. The Balaban J connectivity index is 1.81. The molecule has 120 valence electrons. The molecule has 0 amide bonds. The van der Waals surface area contributed by atoms with Crippen LogP contribution in [0.4, 0.5) is 11.6 Å². The van der Waals surface area contributed by atoms with Crippen LogP contribution in [0.1, 0.15) is 11.7 Å². The average molecular weight is 373 g/mol. The third-order valence-electron chi connectivity index (χ3n) is 3.14. The summed E-state index contributed by atoms with van der Waals surface area (Å²) in [5.41, 5.74) is 0.513. The number of nitro groups is 1. The number of imidazole rings is 1. The van der Waals surface area contributed by atoms with Gasteiger partial charge in [-0.15, -0.1) is 0 Å². The number of hydrogen-bond donors (Lipinski definition) is 2. The summed E-state index contributed by atoms with van der Waals surface area (Å²) in [5, 5.41) is 26.7. The molecule has 0 bridgehead atoms. The van der Waals surface area contributed by atoms with Crippen molar-refractivity contribution >= 4 is 51.1 Å². The predicted octanol–water partition coefficient (Wildman–Crippen LogP) is 3.76. The summed E-state index contributed by atoms with van der Waals surface area (Å²) in [4.78, 5) is 15.4. The van der Waals surface area contributed by atoms with Crippen molar-refractivity contribution in [1.82, 2.24) is 9.38 Å². The summed E-state index contributed by atoms with van der Waals surface area (Å²) in [6, 6.07) is 4.72. The standard InChI is InChI=1S/C13H10Cl2N4O3S/c14-8-3-7(4-9(15)5-8)10(20)6-16-11-12(19(21)22)18-1-2-23-13(18)17-11/h1-5,10,16,20H,6H2. The lowest BCUT2D eigenvalue weighted by atomic mass is 10.1. The Morgan fingerprint density at radius 1 is 1.39 bits per heavy atom. The summed E-state index contributed by atoms with van der Waals surface area (Å²) in [6.07, 6.45) is 0.634. The molecule has 2 N–H and O–H groups in total. The lowest BCUT2D eigenvalue weighted by Crippen LogP contribution is -2.13. The molecule has 0 radical (unpaired) electrons. The van der Waals surface area contributed by atoms with Crippen molar-refractivity contribution in [2.75, 3.05) is 11.9 Å². The van der Waals surface area contributed by atoms with Gasteiger partial charge in [0.15, 0.2) is 0 Å². The molecule has 1 unspecified atom stereocenters. The highest BCUT2D eigenvalue weighted by atomic mass is 35.5. The Hall–Kier alpha value is -1.87. The third-order valence-corrected chi connectivity index (χ3v) is 4.34. The van der Waals surface area contributed by atoms with E-state index in [1.54, 1.807) is 29.8 Å². The third kappa shape index (κ3) is 3.25. The molecule has 7 nitrogen and oxygen atoms in total. The van der Waals surface area contributed by atoms with Crippen LogP contribution < -0.4 is 5.32 Å². The van der Waals surface area contributed by atoms with E-state index in [0.717, 1.165) is 0 Å². The van der Waals surface area contributed by atoms with Gasteiger partial charge in [0.25, 0.3) is 4.96 Å². The van der Waals surface area contributed by atoms with Crippen LogP contribution in [0.15, 0.2) is 29.8 Å². The van der Waals surface area contributed by atoms with Gasteiger partial charge in [-0.3, -0.25) is 0 Å². The molecule has 0 aliphatic carbocycles. The first kappa shape index (κ1) is 16.0. The number of rotatable bonds is 5. The number of thiazole rings is 1. The molecule has 0 aliphatic heterocycles. The van der Waals surface area contributed by atoms with E-state index in [9.17, 15) is 15.2 Å². The van der Waals surface area contributed by atoms with E-state index in [2.05, 4.69) is 10.3 Å². The minimum atomic E-state index is -0.939. The summed E-state index contributed by atoms with van der Waals surface area (Å²) in [6.45, 7) is 0.0301. The van der Waals surface area contributed by atoms with Gasteiger partial charge in [-0.05, 0) is 28.7 Å². The van der Waals surface area contributed by atoms with Gasteiger partial charge in [0.05, 0.1) is 6.10 Å². The molecule has 3 rings (SSSR count). The van der Waals surface area contributed by atoms with Gasteiger partial charge in [0.2, 0.25) is 5.82 Å². The van der Waals surface area contributed by atoms with Crippen LogP contribution in [-0.2, 0) is 0 Å². The van der Waals surface area contributed by atoms with E-state index >= 15 is 0 Å². The number of halogens is 2. The molecule has 0 saturated heterocycles. The van der Waals surface area contributed by atoms with Crippen molar-refractivity contribution in [3.05, 3.63) is 55.5 Å². The second kappa shape index (κ2) is 6.32. The molecule has 1 atom stereocenters. The maximum absolute atomic E-state index is 11.2. The lowest BCUT2D eigenvalue weighted by Gasteiger charge is -2.12. The van der Waals surface area contributed by atoms with Crippen LogP contribution in [0.2, 0.25) is 10.0 Å². The minimum absolute atomic E-state index is 0.0301. The van der Waals surface area contributed by atoms with E-state index in [0.29, 0.717) is 20.6 Å². The monoisotopic (exact) mass is 372 g/mol. The topological polar surface area (TPSA) is 92.7 Å². The van der Waals surface area contributed by atoms with Crippen LogP contribution in [0, 0.1) is 10.1 Å². The normalized spacial score (nSPS) is 12.5. The van der Waals surface area contributed by atoms with Crippen molar-refractivity contribution in [3.8, 4) is 0 Å². The first-order valence-electron chi connectivity index (χ1n) is 6.43. The van der Waals surface area contributed by atoms with Crippen LogP contribution >= 0.6 is 34.5 Å². The van der Waals surface area contributed by atoms with Crippen LogP contribution in [-0.4, -0.2) is 26.0 Å². The molecule has 10 heteroatoms. The van der Waals surface area contributed by atoms with Crippen LogP contribution in [0.25, 0.3) is 4.96 Å². The highest BCUT2D eigenvalue weighted by molar-refractivity contribution is 7.15. The van der Waals surface area contributed by atoms with E-state index in [1.165, 1.54) is 15.7 Å². The number of aromatic nitrogens is 2. The van der Waals surface area contributed by atoms with Gasteiger partial charge in [0.1, 0.15) is 6.20 Å². The van der Waals surface area contributed by atoms with Gasteiger partial charge < -0.3 is 20.5 Å². The van der Waals surface area contributed by atoms with Gasteiger partial charge in [-0.25, -0.2) is 0 Å². The summed E-state index contributed by atoms with van der Waals surface area (Å²) in [5.74, 6) is -0.0633. The number of hydrogen-bond acceptors (Lipinski definition) is 6. The maximum atomic E-state index is 11.2. The van der Waals surface area contributed by atoms with E-state index in [4.69, 9.17) is 23.2 Å². The van der Waals surface area contributed by atoms with Crippen molar-refractivity contribution < 1.29 is 10.0 Å². The van der Waals surface area contributed by atoms with Gasteiger partial charge in [-0.1, -0.05) is 34.5 Å². The van der Waals surface area contributed by atoms with E-state index < -0.39 is 11.0 Å². The number of benzene rings is 1. The second-order valence-corrected chi connectivity index (χ2v) is 6.44. The van der Waals surface area contributed by atoms with Crippen molar-refractivity contribution in [3.63, 3.8) is 0 Å². The fourth-order valence-corrected chi connectivity index (χ4v) is 3.40. The minimum Gasteiger partial charge on any atom is -0.387 e. The molecule has 0 saturated carbocycles. The number of aliphatic hydroxyl groups excluding tert-OH is 1. The highest BCUT2D eigenvalue weighted by Crippen LogP contribution is 2.29. The van der Waals surface area contributed by atoms with Crippen molar-refractivity contribution in [2.45, 2.75) is 6.10 Å². The summed E-state index contributed by atoms with van der Waals surface area (Å²) >= 11 is 13.1. The SMILES string of the molecule is O=[N+]([O-])c1c(NCC(O)c2cc(Cl)cc(Cl)c2)nc2sccn12. The average Bonchev–Trinajstić information content (AvgIpc) is 3.03. The Labute approximate surface area is 144 Å². The molecule has 1 aromatic carbocycles. The number of aliphatic hydroxyl groups is 1. The number of fused-ring (bicyclic) bond motifs is 1. The smallest absolute Gasteiger partial charge is 0.372 e. The zero-order valence-corrected chi connectivity index (χ0v) is 13.8. The quantitative estimate of drug-likeness (QED) is 0.525. The maximum Gasteiger partial charge on any atom is 0.372 e. The molecular weight excluding hydrogens is 363 g/mol. The Bertz CT molecular complexity index is 859. The zero-order valence-electron chi connectivity index (χ0n) is 11.4. The molecular formula is C13H10Cl2N4O3S. The first-order chi connectivity index (χ1) is 11.0. The van der Waals surface area contributed by atoms with Crippen molar-refractivity contribution in [1.29, 1.82) is 0 Å². The lowest BCUT2D eigenvalue weighted by molar-refractivity contribution is -0.389. The summed E-state index contributed by atoms with van der Waals surface area (Å²) < 4.78 is 1.38. The molecule has 2 aromatic heterocycles. The second-order valence-electron chi connectivity index (χ2n) is 4.70. The zero-order chi connectivity index (χ0) is 16.6. The molecule has 0 spiro atoms. The molecule has 3 aromatic rings. The number of nitrogens with zero attached hydrogens (tertiary/aromatic N) is 3. The van der Waals surface area contributed by atoms with Crippen LogP contribution in [0.3, 0.4) is 0 Å². The van der Waals surface area contributed by atoms with Crippen molar-refractivity contribution in [2.24, 2.45) is 0 Å². The first-order valence-corrected chi connectivity index (χ1v) is 8.07. The molecule has 0 fully saturated rings. The van der Waals surface area contributed by atoms with Gasteiger partial charge in [0, 0.05) is 22.0 Å². The van der Waals surface area contributed by atoms with E-state index in [1.807, 2.05) is 0 Å². The van der Waals surface area contributed by atoms with Gasteiger partial charge in [-0.2, -0.15) is 9.38 Å². The van der Waals surface area contributed by atoms with Gasteiger partial charge >= 0.3 is 5.82 Å². The largest absolute Gasteiger partial charge is 0.387 e. The predicted molar refractivity (Wildman–Crippen MR) is 89.6 cm³/mol. The highest BCUT2D eigenvalue weighted by Gasteiger charge is 2.24.